The molecular weight excluding hydrogens is 502 g/mol. The fourth-order valence-corrected chi connectivity index (χ4v) is 5.10. The van der Waals surface area contributed by atoms with E-state index in [0.29, 0.717) is 54.6 Å². The van der Waals surface area contributed by atoms with Crippen LogP contribution in [0.25, 0.3) is 16.6 Å². The molecule has 14 nitrogen and oxygen atoms in total. The highest BCUT2D eigenvalue weighted by molar-refractivity contribution is 6.45. The summed E-state index contributed by atoms with van der Waals surface area (Å²) in [5.41, 5.74) is 6.98. The number of likely N-dealkylation sites (tertiary alicyclic amines) is 1. The predicted octanol–water partition coefficient (Wildman–Crippen LogP) is 1.36. The quantitative estimate of drug-likeness (QED) is 0.155. The second-order valence-electron chi connectivity index (χ2n) is 9.69. The van der Waals surface area contributed by atoms with Crippen LogP contribution in [0.5, 0.6) is 5.75 Å². The maximum Gasteiger partial charge on any atom is 0.295 e. The lowest BCUT2D eigenvalue weighted by atomic mass is 9.72. The third-order valence-electron chi connectivity index (χ3n) is 6.88. The fourth-order valence-electron chi connectivity index (χ4n) is 5.10. The van der Waals surface area contributed by atoms with Crippen LogP contribution < -0.4 is 15.4 Å². The van der Waals surface area contributed by atoms with E-state index in [1.165, 1.54) is 25.8 Å². The number of fused-ring (bicyclic) bond motifs is 1. The van der Waals surface area contributed by atoms with Gasteiger partial charge in [0.25, 0.3) is 11.7 Å². The number of amidine groups is 1. The number of benzene rings is 1. The number of hydrogen-bond acceptors (Lipinski definition) is 9. The Morgan fingerprint density at radius 1 is 1.21 bits per heavy atom. The van der Waals surface area contributed by atoms with E-state index in [-0.39, 0.29) is 18.2 Å². The molecule has 3 N–H and O–H groups in total. The van der Waals surface area contributed by atoms with Crippen molar-refractivity contribution in [2.45, 2.75) is 6.92 Å². The van der Waals surface area contributed by atoms with Gasteiger partial charge in [-0.2, -0.15) is 4.68 Å². The number of carbonyl (C=O) groups excluding carboxylic acids is 2. The average molecular weight is 530 g/mol. The Morgan fingerprint density at radius 2 is 1.97 bits per heavy atom. The number of hydrogen-bond donors (Lipinski definition) is 2. The summed E-state index contributed by atoms with van der Waals surface area (Å²) in [6, 6.07) is 9.66. The molecule has 0 unspecified atom stereocenters. The van der Waals surface area contributed by atoms with Gasteiger partial charge in [0.1, 0.15) is 12.1 Å². The Labute approximate surface area is 223 Å². The molecule has 2 aliphatic rings. The number of pyridine rings is 1. The Hall–Kier alpha value is -5.14. The largest absolute Gasteiger partial charge is 0.494 e. The number of para-hydroxylation sites is 1. The molecule has 5 heterocycles. The Balaban J connectivity index is 0.00000323. The lowest BCUT2D eigenvalue weighted by molar-refractivity contribution is -0.139. The number of nitrogens with zero attached hydrogens (tertiary/aromatic N) is 9. The molecule has 2 fully saturated rings. The lowest BCUT2D eigenvalue weighted by Crippen LogP contribution is -2.74. The van der Waals surface area contributed by atoms with Crippen molar-refractivity contribution in [3.8, 4) is 11.4 Å². The van der Waals surface area contributed by atoms with E-state index in [0.717, 1.165) is 5.69 Å². The molecule has 0 atom stereocenters. The first-order valence-corrected chi connectivity index (χ1v) is 12.2. The van der Waals surface area contributed by atoms with E-state index in [2.05, 4.69) is 40.4 Å². The molecule has 6 rings (SSSR count). The van der Waals surface area contributed by atoms with Gasteiger partial charge in [-0.05, 0) is 29.5 Å². The molecule has 39 heavy (non-hydrogen) atoms. The van der Waals surface area contributed by atoms with Crippen molar-refractivity contribution in [2.75, 3.05) is 38.2 Å². The van der Waals surface area contributed by atoms with Gasteiger partial charge in [-0.3, -0.25) is 9.59 Å². The number of aromatic amines is 1. The van der Waals surface area contributed by atoms with Crippen LogP contribution in [0.4, 0.5) is 11.8 Å². The summed E-state index contributed by atoms with van der Waals surface area (Å²) < 4.78 is 7.11. The van der Waals surface area contributed by atoms with Gasteiger partial charge in [0.2, 0.25) is 5.95 Å². The monoisotopic (exact) mass is 529 g/mol. The first-order valence-electron chi connectivity index (χ1n) is 12.2. The average Bonchev–Trinajstić information content (AvgIpc) is 3.55. The van der Waals surface area contributed by atoms with Crippen LogP contribution >= 0.6 is 0 Å². The minimum absolute atomic E-state index is 0. The number of carbonyl (C=O) groups is 2. The second-order valence-corrected chi connectivity index (χ2v) is 9.69. The third-order valence-corrected chi connectivity index (χ3v) is 6.88. The van der Waals surface area contributed by atoms with E-state index in [1.54, 1.807) is 16.5 Å². The van der Waals surface area contributed by atoms with E-state index in [4.69, 9.17) is 10.5 Å². The van der Waals surface area contributed by atoms with Crippen molar-refractivity contribution in [3.05, 3.63) is 48.3 Å². The van der Waals surface area contributed by atoms with Gasteiger partial charge in [0, 0.05) is 39.2 Å². The fraction of sp³-hybridized carbons (Fsp3) is 0.280. The molecule has 2 aliphatic heterocycles. The summed E-state index contributed by atoms with van der Waals surface area (Å²) >= 11 is 0. The van der Waals surface area contributed by atoms with Crippen molar-refractivity contribution in [2.24, 2.45) is 21.1 Å². The number of Topliss-reactive ketones (excluding diaryl/α,β-unsaturated/α-hetero) is 1. The number of methoxy groups -OCH3 is 1. The van der Waals surface area contributed by atoms with Crippen LogP contribution in [0, 0.1) is 5.41 Å². The van der Waals surface area contributed by atoms with Gasteiger partial charge >= 0.3 is 0 Å². The number of aromatic nitrogens is 6. The van der Waals surface area contributed by atoms with Gasteiger partial charge in [0.05, 0.1) is 41.3 Å². The summed E-state index contributed by atoms with van der Waals surface area (Å²) in [5, 5.41) is 12.6. The molecule has 14 heteroatoms. The molecule has 0 radical (unpaired) electrons. The lowest BCUT2D eigenvalue weighted by Gasteiger charge is -2.59. The number of H-pyrrole nitrogens is 1. The highest BCUT2D eigenvalue weighted by Crippen LogP contribution is 2.42. The molecule has 1 amide bonds. The Kier molecular flexibility index (Phi) is 5.78. The number of tetrazole rings is 1. The molecule has 1 aromatic carbocycles. The topological polar surface area (TPSA) is 173 Å². The number of rotatable bonds is 7. The molecule has 200 valence electrons. The van der Waals surface area contributed by atoms with Gasteiger partial charge in [-0.25, -0.2) is 15.0 Å². The first-order chi connectivity index (χ1) is 18.9. The summed E-state index contributed by atoms with van der Waals surface area (Å²) in [6.07, 6.45) is 4.21. The summed E-state index contributed by atoms with van der Waals surface area (Å²) in [4.78, 5) is 45.5. The Bertz CT molecular complexity index is 1630. The number of aliphatic imine (C=N–C) groups is 2. The first kappa shape index (κ1) is 24.2. The van der Waals surface area contributed by atoms with Crippen molar-refractivity contribution in [3.63, 3.8) is 0 Å². The minimum atomic E-state index is -0.629. The summed E-state index contributed by atoms with van der Waals surface area (Å²) in [5.74, 6) is 0.436. The van der Waals surface area contributed by atoms with Crippen molar-refractivity contribution >= 4 is 46.5 Å². The summed E-state index contributed by atoms with van der Waals surface area (Å²) in [7, 11) is 1.47. The molecule has 0 aliphatic carbocycles. The minimum Gasteiger partial charge on any atom is -0.494 e. The number of nitrogens with one attached hydrogen (secondary N) is 1. The van der Waals surface area contributed by atoms with Crippen LogP contribution in [-0.4, -0.2) is 92.2 Å². The van der Waals surface area contributed by atoms with Crippen LogP contribution in [0.3, 0.4) is 0 Å². The maximum atomic E-state index is 13.3. The smallest absolute Gasteiger partial charge is 0.295 e. The number of nitrogens with two attached hydrogens (primary N) is 1. The van der Waals surface area contributed by atoms with Crippen LogP contribution in [-0.2, 0) is 4.79 Å². The SMILES string of the molecule is COc1cnc(N=CN=C(C)N)c2[nH]cc(C(=O)C(=O)N3CC4(C3)CN(c3nnnn3-c3ccccc3)C4)c12.[HH]. The van der Waals surface area contributed by atoms with E-state index < -0.39 is 11.7 Å². The van der Waals surface area contributed by atoms with E-state index >= 15 is 0 Å². The van der Waals surface area contributed by atoms with Gasteiger partial charge < -0.3 is 25.3 Å². The summed E-state index contributed by atoms with van der Waals surface area (Å²) in [6.45, 7) is 3.98. The molecule has 0 bridgehead atoms. The molecule has 0 saturated carbocycles. The predicted molar refractivity (Wildman–Crippen MR) is 145 cm³/mol. The maximum absolute atomic E-state index is 13.3. The van der Waals surface area contributed by atoms with Gasteiger partial charge in [0.15, 0.2) is 5.82 Å². The van der Waals surface area contributed by atoms with E-state index in [1.807, 2.05) is 30.3 Å². The van der Waals surface area contributed by atoms with Gasteiger partial charge in [-0.15, -0.1) is 0 Å². The second kappa shape index (κ2) is 9.31. The van der Waals surface area contributed by atoms with Crippen molar-refractivity contribution < 1.29 is 15.8 Å². The highest BCUT2D eigenvalue weighted by atomic mass is 16.5. The molecule has 1 spiro atoms. The Morgan fingerprint density at radius 3 is 2.69 bits per heavy atom. The number of ether oxygens (including phenoxy) is 1. The number of anilines is 1. The van der Waals surface area contributed by atoms with Crippen molar-refractivity contribution in [1.29, 1.82) is 0 Å². The van der Waals surface area contributed by atoms with Crippen molar-refractivity contribution in [1.82, 2.24) is 35.1 Å². The van der Waals surface area contributed by atoms with Crippen LogP contribution in [0.15, 0.2) is 52.7 Å². The zero-order chi connectivity index (χ0) is 27.1. The normalized spacial score (nSPS) is 16.5. The standard InChI is InChI=1S/C25H25N11O3.H2/c1-15(26)29-14-30-22-20-19(18(39-2)9-28-22)17(8-27-20)21(37)23(38)34-10-25(11-34)12-35(13-25)24-31-32-33-36(24)16-6-4-3-5-7-16;/h3-9,14,27H,10-13H2,1-2H3,(H2,26,28,29,30);1H. The van der Waals surface area contributed by atoms with Crippen LogP contribution in [0.1, 0.15) is 18.7 Å². The number of ketones is 1. The molecule has 3 aromatic heterocycles. The van der Waals surface area contributed by atoms with Gasteiger partial charge in [-0.1, -0.05) is 23.3 Å². The number of amides is 1. The zero-order valence-corrected chi connectivity index (χ0v) is 21.3. The van der Waals surface area contributed by atoms with E-state index in [9.17, 15) is 9.59 Å². The highest BCUT2D eigenvalue weighted by Gasteiger charge is 2.55. The molecule has 2 saturated heterocycles. The molecular formula is C25H27N11O3. The zero-order valence-electron chi connectivity index (χ0n) is 21.3. The third kappa shape index (κ3) is 4.15. The molecule has 4 aromatic rings. The van der Waals surface area contributed by atoms with Crippen LogP contribution in [0.2, 0.25) is 0 Å².